The lowest BCUT2D eigenvalue weighted by molar-refractivity contribution is 0.726. The predicted octanol–water partition coefficient (Wildman–Crippen LogP) is 3.86. The van der Waals surface area contributed by atoms with Gasteiger partial charge in [-0.15, -0.1) is 0 Å². The standard InChI is InChI=1S/C19H24N4/c1-15-20-18(22-11-6-2-3-7-12-22)14-19(21-15)23-13-10-16-8-4-5-9-17(16)23/h4-5,8-9,14H,2-3,6-7,10-13H2,1H3. The molecule has 1 aromatic heterocycles. The van der Waals surface area contributed by atoms with Gasteiger partial charge in [0.2, 0.25) is 0 Å². The van der Waals surface area contributed by atoms with Crippen molar-refractivity contribution in [1.29, 1.82) is 0 Å². The molecule has 0 amide bonds. The lowest BCUT2D eigenvalue weighted by Gasteiger charge is -2.24. The fraction of sp³-hybridized carbons (Fsp3) is 0.474. The summed E-state index contributed by atoms with van der Waals surface area (Å²) in [7, 11) is 0. The molecule has 0 unspecified atom stereocenters. The topological polar surface area (TPSA) is 32.3 Å². The van der Waals surface area contributed by atoms with Gasteiger partial charge in [0.1, 0.15) is 17.5 Å². The van der Waals surface area contributed by atoms with Crippen LogP contribution in [0.25, 0.3) is 0 Å². The Morgan fingerprint density at radius 1 is 0.870 bits per heavy atom. The monoisotopic (exact) mass is 308 g/mol. The van der Waals surface area contributed by atoms with E-state index in [1.165, 1.54) is 36.9 Å². The Labute approximate surface area is 138 Å². The van der Waals surface area contributed by atoms with Gasteiger partial charge in [-0.25, -0.2) is 9.97 Å². The number of fused-ring (bicyclic) bond motifs is 1. The average Bonchev–Trinajstić information content (AvgIpc) is 2.80. The normalized spacial score (nSPS) is 18.0. The molecule has 4 rings (SSSR count). The van der Waals surface area contributed by atoms with Crippen molar-refractivity contribution in [1.82, 2.24) is 9.97 Å². The fourth-order valence-corrected chi connectivity index (χ4v) is 3.71. The first kappa shape index (κ1) is 14.5. The number of hydrogen-bond donors (Lipinski definition) is 0. The van der Waals surface area contributed by atoms with Crippen LogP contribution < -0.4 is 9.80 Å². The largest absolute Gasteiger partial charge is 0.356 e. The number of rotatable bonds is 2. The highest BCUT2D eigenvalue weighted by Gasteiger charge is 2.22. The van der Waals surface area contributed by atoms with E-state index >= 15 is 0 Å². The van der Waals surface area contributed by atoms with Gasteiger partial charge in [0.25, 0.3) is 0 Å². The number of nitrogens with zero attached hydrogens (tertiary/aromatic N) is 4. The van der Waals surface area contributed by atoms with E-state index < -0.39 is 0 Å². The number of aromatic nitrogens is 2. The molecule has 0 bridgehead atoms. The van der Waals surface area contributed by atoms with Crippen LogP contribution in [0.4, 0.5) is 17.3 Å². The third-order valence-electron chi connectivity index (χ3n) is 4.90. The Balaban J connectivity index is 1.67. The summed E-state index contributed by atoms with van der Waals surface area (Å²) in [5.41, 5.74) is 2.72. The van der Waals surface area contributed by atoms with Gasteiger partial charge in [0.05, 0.1) is 0 Å². The molecule has 0 atom stereocenters. The van der Waals surface area contributed by atoms with Gasteiger partial charge in [-0.05, 0) is 37.8 Å². The van der Waals surface area contributed by atoms with Crippen molar-refractivity contribution in [2.45, 2.75) is 39.0 Å². The first-order valence-electron chi connectivity index (χ1n) is 8.77. The summed E-state index contributed by atoms with van der Waals surface area (Å²) >= 11 is 0. The Hall–Kier alpha value is -2.10. The SMILES string of the molecule is Cc1nc(N2CCCCCC2)cc(N2CCc3ccccc32)n1. The molecule has 0 spiro atoms. The highest BCUT2D eigenvalue weighted by atomic mass is 15.2. The van der Waals surface area contributed by atoms with Crippen LogP contribution in [0.2, 0.25) is 0 Å². The van der Waals surface area contributed by atoms with E-state index in [1.807, 2.05) is 6.92 Å². The van der Waals surface area contributed by atoms with Gasteiger partial charge in [0.15, 0.2) is 0 Å². The maximum atomic E-state index is 4.72. The maximum absolute atomic E-state index is 4.72. The minimum atomic E-state index is 0.867. The molecule has 0 aliphatic carbocycles. The second-order valence-electron chi connectivity index (χ2n) is 6.56. The molecular formula is C19H24N4. The molecule has 4 heteroatoms. The minimum Gasteiger partial charge on any atom is -0.356 e. The molecule has 2 aliphatic heterocycles. The molecule has 2 aliphatic rings. The summed E-state index contributed by atoms with van der Waals surface area (Å²) < 4.78 is 0. The van der Waals surface area contributed by atoms with E-state index in [0.717, 1.165) is 43.5 Å². The smallest absolute Gasteiger partial charge is 0.138 e. The molecular weight excluding hydrogens is 284 g/mol. The van der Waals surface area contributed by atoms with Gasteiger partial charge < -0.3 is 9.80 Å². The van der Waals surface area contributed by atoms with Gasteiger partial charge in [-0.3, -0.25) is 0 Å². The minimum absolute atomic E-state index is 0.867. The van der Waals surface area contributed by atoms with Crippen molar-refractivity contribution in [3.8, 4) is 0 Å². The lowest BCUT2D eigenvalue weighted by atomic mass is 10.2. The van der Waals surface area contributed by atoms with Gasteiger partial charge in [0, 0.05) is 31.4 Å². The number of benzene rings is 1. The van der Waals surface area contributed by atoms with E-state index in [-0.39, 0.29) is 0 Å². The fourth-order valence-electron chi connectivity index (χ4n) is 3.71. The molecule has 1 saturated heterocycles. The lowest BCUT2D eigenvalue weighted by Crippen LogP contribution is -2.26. The molecule has 0 radical (unpaired) electrons. The summed E-state index contributed by atoms with van der Waals surface area (Å²) in [4.78, 5) is 14.2. The predicted molar refractivity (Wildman–Crippen MR) is 94.6 cm³/mol. The van der Waals surface area contributed by atoms with Crippen LogP contribution in [-0.4, -0.2) is 29.6 Å². The third-order valence-corrected chi connectivity index (χ3v) is 4.90. The summed E-state index contributed by atoms with van der Waals surface area (Å²) in [6.45, 7) is 5.25. The molecule has 1 aromatic carbocycles. The molecule has 23 heavy (non-hydrogen) atoms. The molecule has 4 nitrogen and oxygen atoms in total. The summed E-state index contributed by atoms with van der Waals surface area (Å²) in [5, 5.41) is 0. The van der Waals surface area contributed by atoms with E-state index in [1.54, 1.807) is 0 Å². The highest BCUT2D eigenvalue weighted by molar-refractivity contribution is 5.69. The van der Waals surface area contributed by atoms with Crippen molar-refractivity contribution in [3.63, 3.8) is 0 Å². The molecule has 1 fully saturated rings. The van der Waals surface area contributed by atoms with Crippen LogP contribution in [0.3, 0.4) is 0 Å². The molecule has 2 aromatic rings. The van der Waals surface area contributed by atoms with Crippen molar-refractivity contribution in [3.05, 3.63) is 41.7 Å². The second kappa shape index (κ2) is 6.19. The van der Waals surface area contributed by atoms with Crippen LogP contribution in [0.1, 0.15) is 37.1 Å². The quantitative estimate of drug-likeness (QED) is 0.843. The molecule has 3 heterocycles. The molecule has 120 valence electrons. The summed E-state index contributed by atoms with van der Waals surface area (Å²) in [5.74, 6) is 3.01. The highest BCUT2D eigenvalue weighted by Crippen LogP contribution is 2.34. The Kier molecular flexibility index (Phi) is 3.90. The summed E-state index contributed by atoms with van der Waals surface area (Å²) in [6, 6.07) is 10.8. The number of anilines is 3. The van der Waals surface area contributed by atoms with E-state index in [2.05, 4.69) is 40.1 Å². The third kappa shape index (κ3) is 2.90. The molecule has 0 N–H and O–H groups in total. The number of para-hydroxylation sites is 1. The maximum Gasteiger partial charge on any atom is 0.138 e. The first-order valence-corrected chi connectivity index (χ1v) is 8.77. The zero-order valence-corrected chi connectivity index (χ0v) is 13.8. The molecule has 0 saturated carbocycles. The number of hydrogen-bond acceptors (Lipinski definition) is 4. The first-order chi connectivity index (χ1) is 11.3. The summed E-state index contributed by atoms with van der Waals surface area (Å²) in [6.07, 6.45) is 6.31. The van der Waals surface area contributed by atoms with Crippen molar-refractivity contribution >= 4 is 17.3 Å². The van der Waals surface area contributed by atoms with Crippen LogP contribution in [0, 0.1) is 6.92 Å². The van der Waals surface area contributed by atoms with Crippen LogP contribution >= 0.6 is 0 Å². The van der Waals surface area contributed by atoms with Crippen LogP contribution in [0.5, 0.6) is 0 Å². The van der Waals surface area contributed by atoms with Crippen molar-refractivity contribution in [2.24, 2.45) is 0 Å². The average molecular weight is 308 g/mol. The van der Waals surface area contributed by atoms with Crippen LogP contribution in [-0.2, 0) is 6.42 Å². The van der Waals surface area contributed by atoms with Gasteiger partial charge >= 0.3 is 0 Å². The second-order valence-corrected chi connectivity index (χ2v) is 6.56. The van der Waals surface area contributed by atoms with E-state index in [0.29, 0.717) is 0 Å². The van der Waals surface area contributed by atoms with Crippen LogP contribution in [0.15, 0.2) is 30.3 Å². The van der Waals surface area contributed by atoms with Crippen molar-refractivity contribution < 1.29 is 0 Å². The van der Waals surface area contributed by atoms with E-state index in [9.17, 15) is 0 Å². The van der Waals surface area contributed by atoms with Gasteiger partial charge in [-0.1, -0.05) is 31.0 Å². The zero-order valence-electron chi connectivity index (χ0n) is 13.8. The van der Waals surface area contributed by atoms with E-state index in [4.69, 9.17) is 9.97 Å². The Morgan fingerprint density at radius 3 is 2.43 bits per heavy atom. The van der Waals surface area contributed by atoms with Crippen molar-refractivity contribution in [2.75, 3.05) is 29.4 Å². The zero-order chi connectivity index (χ0) is 15.6. The number of aryl methyl sites for hydroxylation is 1. The van der Waals surface area contributed by atoms with Gasteiger partial charge in [-0.2, -0.15) is 0 Å². The Morgan fingerprint density at radius 2 is 1.61 bits per heavy atom. The Bertz CT molecular complexity index is 690.